The van der Waals surface area contributed by atoms with E-state index in [4.69, 9.17) is 0 Å². The fourth-order valence-electron chi connectivity index (χ4n) is 1.46. The summed E-state index contributed by atoms with van der Waals surface area (Å²) in [5.41, 5.74) is 2.57. The predicted octanol–water partition coefficient (Wildman–Crippen LogP) is 1.03. The Kier molecular flexibility index (Phi) is 4.91. The molecule has 1 amide bonds. The van der Waals surface area contributed by atoms with E-state index in [9.17, 15) is 13.6 Å². The van der Waals surface area contributed by atoms with Gasteiger partial charge in [-0.05, 0) is 12.1 Å². The fraction of sp³-hybridized carbons (Fsp3) is 0.167. The van der Waals surface area contributed by atoms with Crippen molar-refractivity contribution in [1.82, 2.24) is 20.2 Å². The van der Waals surface area contributed by atoms with Crippen LogP contribution in [0.4, 0.5) is 8.78 Å². The Labute approximate surface area is 118 Å². The highest BCUT2D eigenvalue weighted by Crippen LogP contribution is 2.18. The zero-order chi connectivity index (χ0) is 15.1. The molecule has 7 nitrogen and oxygen atoms in total. The molecule has 0 atom stereocenters. The van der Waals surface area contributed by atoms with Gasteiger partial charge in [-0.1, -0.05) is 12.1 Å². The third kappa shape index (κ3) is 4.64. The quantitative estimate of drug-likeness (QED) is 0.637. The molecule has 110 valence electrons. The van der Waals surface area contributed by atoms with Crippen LogP contribution in [0, 0.1) is 0 Å². The second kappa shape index (κ2) is 7.08. The van der Waals surface area contributed by atoms with Crippen molar-refractivity contribution in [3.05, 3.63) is 42.5 Å². The van der Waals surface area contributed by atoms with Crippen LogP contribution in [0.5, 0.6) is 5.75 Å². The lowest BCUT2D eigenvalue weighted by Crippen LogP contribution is -2.23. The number of carbonyl (C=O) groups excluding carboxylic acids is 1. The van der Waals surface area contributed by atoms with Gasteiger partial charge in [0.1, 0.15) is 24.9 Å². The SMILES string of the molecule is O=C(Cn1cncn1)N/N=C\c1ccccc1OC(F)F. The molecule has 1 aromatic heterocycles. The molecule has 0 saturated carbocycles. The number of rotatable bonds is 6. The highest BCUT2D eigenvalue weighted by molar-refractivity contribution is 5.85. The molecule has 1 aromatic carbocycles. The van der Waals surface area contributed by atoms with Crippen LogP contribution in [0.1, 0.15) is 5.56 Å². The van der Waals surface area contributed by atoms with Gasteiger partial charge in [-0.15, -0.1) is 0 Å². The number of ether oxygens (including phenoxy) is 1. The Morgan fingerprint density at radius 2 is 2.29 bits per heavy atom. The van der Waals surface area contributed by atoms with E-state index in [1.165, 1.54) is 35.7 Å². The fourth-order valence-corrected chi connectivity index (χ4v) is 1.46. The lowest BCUT2D eigenvalue weighted by Gasteiger charge is -2.06. The van der Waals surface area contributed by atoms with Gasteiger partial charge in [0.25, 0.3) is 5.91 Å². The van der Waals surface area contributed by atoms with E-state index in [1.54, 1.807) is 12.1 Å². The molecule has 0 bridgehead atoms. The first-order valence-corrected chi connectivity index (χ1v) is 5.83. The molecule has 2 aromatic rings. The number of carbonyl (C=O) groups is 1. The van der Waals surface area contributed by atoms with Gasteiger partial charge in [-0.3, -0.25) is 4.79 Å². The lowest BCUT2D eigenvalue weighted by molar-refractivity contribution is -0.121. The molecule has 0 aliphatic rings. The maximum absolute atomic E-state index is 12.2. The van der Waals surface area contributed by atoms with Crippen molar-refractivity contribution in [1.29, 1.82) is 0 Å². The van der Waals surface area contributed by atoms with Crippen LogP contribution in [-0.2, 0) is 11.3 Å². The molecule has 21 heavy (non-hydrogen) atoms. The van der Waals surface area contributed by atoms with Gasteiger partial charge in [0.2, 0.25) is 0 Å². The Morgan fingerprint density at radius 1 is 1.48 bits per heavy atom. The molecule has 0 radical (unpaired) electrons. The zero-order valence-corrected chi connectivity index (χ0v) is 10.7. The summed E-state index contributed by atoms with van der Waals surface area (Å²) < 4.78 is 30.1. The summed E-state index contributed by atoms with van der Waals surface area (Å²) >= 11 is 0. The van der Waals surface area contributed by atoms with Crippen molar-refractivity contribution in [2.24, 2.45) is 5.10 Å². The molecule has 1 heterocycles. The topological polar surface area (TPSA) is 81.4 Å². The van der Waals surface area contributed by atoms with E-state index in [1.807, 2.05) is 0 Å². The molecule has 1 N–H and O–H groups in total. The summed E-state index contributed by atoms with van der Waals surface area (Å²) in [5.74, 6) is -0.453. The summed E-state index contributed by atoms with van der Waals surface area (Å²) in [5, 5.41) is 7.44. The second-order valence-electron chi connectivity index (χ2n) is 3.80. The number of hydrogen-bond acceptors (Lipinski definition) is 5. The van der Waals surface area contributed by atoms with Crippen LogP contribution in [0.15, 0.2) is 42.0 Å². The van der Waals surface area contributed by atoms with Crippen molar-refractivity contribution in [3.8, 4) is 5.75 Å². The average Bonchev–Trinajstić information content (AvgIpc) is 2.93. The standard InChI is InChI=1S/C12H11F2N5O2/c13-12(14)21-10-4-2-1-3-9(10)5-16-18-11(20)6-19-8-15-7-17-19/h1-5,7-8,12H,6H2,(H,18,20)/b16-5-. The summed E-state index contributed by atoms with van der Waals surface area (Å²) in [6.45, 7) is -2.98. The van der Waals surface area contributed by atoms with Crippen molar-refractivity contribution >= 4 is 12.1 Å². The van der Waals surface area contributed by atoms with Crippen molar-refractivity contribution in [2.45, 2.75) is 13.2 Å². The van der Waals surface area contributed by atoms with E-state index in [-0.39, 0.29) is 12.3 Å². The van der Waals surface area contributed by atoms with E-state index < -0.39 is 12.5 Å². The predicted molar refractivity (Wildman–Crippen MR) is 68.8 cm³/mol. The van der Waals surface area contributed by atoms with Crippen LogP contribution >= 0.6 is 0 Å². The minimum Gasteiger partial charge on any atom is -0.434 e. The highest BCUT2D eigenvalue weighted by atomic mass is 19.3. The summed E-state index contributed by atoms with van der Waals surface area (Å²) in [4.78, 5) is 15.2. The first-order chi connectivity index (χ1) is 10.1. The average molecular weight is 295 g/mol. The number of hydrazone groups is 1. The number of halogens is 2. The molecule has 0 fully saturated rings. The number of para-hydroxylation sites is 1. The maximum Gasteiger partial charge on any atom is 0.387 e. The number of amides is 1. The number of hydrogen-bond donors (Lipinski definition) is 1. The molecular formula is C12H11F2N5O2. The van der Waals surface area contributed by atoms with Gasteiger partial charge in [-0.2, -0.15) is 19.0 Å². The molecule has 9 heteroatoms. The van der Waals surface area contributed by atoms with E-state index >= 15 is 0 Å². The van der Waals surface area contributed by atoms with Crippen molar-refractivity contribution < 1.29 is 18.3 Å². The second-order valence-corrected chi connectivity index (χ2v) is 3.80. The third-order valence-electron chi connectivity index (χ3n) is 2.30. The molecule has 0 spiro atoms. The molecule has 0 saturated heterocycles. The highest BCUT2D eigenvalue weighted by Gasteiger charge is 2.07. The number of nitrogens with zero attached hydrogens (tertiary/aromatic N) is 4. The van der Waals surface area contributed by atoms with Crippen LogP contribution < -0.4 is 10.2 Å². The normalized spacial score (nSPS) is 11.0. The van der Waals surface area contributed by atoms with Crippen LogP contribution in [0.3, 0.4) is 0 Å². The largest absolute Gasteiger partial charge is 0.434 e. The van der Waals surface area contributed by atoms with E-state index in [0.29, 0.717) is 5.56 Å². The zero-order valence-electron chi connectivity index (χ0n) is 10.7. The first kappa shape index (κ1) is 14.6. The van der Waals surface area contributed by atoms with Gasteiger partial charge in [0.15, 0.2) is 0 Å². The van der Waals surface area contributed by atoms with Crippen LogP contribution in [0.25, 0.3) is 0 Å². The molecule has 0 aliphatic heterocycles. The monoisotopic (exact) mass is 295 g/mol. The van der Waals surface area contributed by atoms with Gasteiger partial charge in [0.05, 0.1) is 6.21 Å². The Bertz CT molecular complexity index is 616. The number of benzene rings is 1. The van der Waals surface area contributed by atoms with Crippen LogP contribution in [0.2, 0.25) is 0 Å². The Morgan fingerprint density at radius 3 is 3.00 bits per heavy atom. The third-order valence-corrected chi connectivity index (χ3v) is 2.30. The minimum atomic E-state index is -2.93. The molecular weight excluding hydrogens is 284 g/mol. The lowest BCUT2D eigenvalue weighted by atomic mass is 10.2. The smallest absolute Gasteiger partial charge is 0.387 e. The van der Waals surface area contributed by atoms with E-state index in [2.05, 4.69) is 25.3 Å². The molecule has 2 rings (SSSR count). The van der Waals surface area contributed by atoms with Gasteiger partial charge in [-0.25, -0.2) is 15.1 Å². The summed E-state index contributed by atoms with van der Waals surface area (Å²) in [6, 6.07) is 6.10. The molecule has 0 unspecified atom stereocenters. The first-order valence-electron chi connectivity index (χ1n) is 5.83. The van der Waals surface area contributed by atoms with Gasteiger partial charge >= 0.3 is 6.61 Å². The van der Waals surface area contributed by atoms with E-state index in [0.717, 1.165) is 0 Å². The summed E-state index contributed by atoms with van der Waals surface area (Å²) in [6.07, 6.45) is 3.90. The van der Waals surface area contributed by atoms with Crippen molar-refractivity contribution in [2.75, 3.05) is 0 Å². The maximum atomic E-state index is 12.2. The summed E-state index contributed by atoms with van der Waals surface area (Å²) in [7, 11) is 0. The Balaban J connectivity index is 1.93. The van der Waals surface area contributed by atoms with Gasteiger partial charge < -0.3 is 4.74 Å². The van der Waals surface area contributed by atoms with Crippen LogP contribution in [-0.4, -0.2) is 33.5 Å². The minimum absolute atomic E-state index is 0.0261. The number of aromatic nitrogens is 3. The van der Waals surface area contributed by atoms with Crippen molar-refractivity contribution in [3.63, 3.8) is 0 Å². The van der Waals surface area contributed by atoms with Gasteiger partial charge in [0, 0.05) is 5.56 Å². The Hall–Kier alpha value is -2.84. The molecule has 0 aliphatic carbocycles. The number of nitrogens with one attached hydrogen (secondary N) is 1. The number of alkyl halides is 2.